The summed E-state index contributed by atoms with van der Waals surface area (Å²) in [6.45, 7) is 8.36. The van der Waals surface area contributed by atoms with Crippen molar-refractivity contribution >= 4 is 5.97 Å². The number of nitrogens with zero attached hydrogens (tertiary/aromatic N) is 1. The minimum atomic E-state index is -1.26. The van der Waals surface area contributed by atoms with E-state index in [2.05, 4.69) is 11.9 Å². The van der Waals surface area contributed by atoms with Crippen LogP contribution in [0.2, 0.25) is 0 Å². The average molecular weight is 230 g/mol. The van der Waals surface area contributed by atoms with E-state index in [-0.39, 0.29) is 12.8 Å². The van der Waals surface area contributed by atoms with E-state index in [1.165, 1.54) is 0 Å². The Hall–Kier alpha value is -0.910. The van der Waals surface area contributed by atoms with Crippen LogP contribution in [0.15, 0.2) is 12.2 Å². The topological polar surface area (TPSA) is 61.8 Å². The Labute approximate surface area is 97.1 Å². The standard InChI is InChI=1S/C11H22N2O3/c1-8(2)10(14)16-7-11(4,15)12-9(3)13(5)6/h9,12,15H,1,7H2,2-6H3. The predicted molar refractivity (Wildman–Crippen MR) is 62.7 cm³/mol. The summed E-state index contributed by atoms with van der Waals surface area (Å²) in [4.78, 5) is 13.0. The quantitative estimate of drug-likeness (QED) is 0.391. The van der Waals surface area contributed by atoms with Crippen molar-refractivity contribution in [2.24, 2.45) is 0 Å². The molecule has 0 heterocycles. The van der Waals surface area contributed by atoms with Gasteiger partial charge in [-0.25, -0.2) is 4.79 Å². The Balaban J connectivity index is 4.15. The zero-order valence-corrected chi connectivity index (χ0v) is 10.7. The molecular weight excluding hydrogens is 208 g/mol. The van der Waals surface area contributed by atoms with Gasteiger partial charge in [-0.3, -0.25) is 10.2 Å². The summed E-state index contributed by atoms with van der Waals surface area (Å²) in [5.74, 6) is -0.500. The van der Waals surface area contributed by atoms with Crippen molar-refractivity contribution in [3.8, 4) is 0 Å². The number of hydrogen-bond acceptors (Lipinski definition) is 5. The first-order valence-corrected chi connectivity index (χ1v) is 5.15. The number of nitrogens with one attached hydrogen (secondary N) is 1. The van der Waals surface area contributed by atoms with Crippen LogP contribution in [0.5, 0.6) is 0 Å². The molecule has 2 unspecified atom stereocenters. The molecule has 0 aromatic heterocycles. The largest absolute Gasteiger partial charge is 0.458 e. The Morgan fingerprint density at radius 2 is 2.12 bits per heavy atom. The third kappa shape index (κ3) is 5.85. The van der Waals surface area contributed by atoms with E-state index in [0.29, 0.717) is 5.57 Å². The third-order valence-electron chi connectivity index (χ3n) is 2.13. The van der Waals surface area contributed by atoms with Crippen molar-refractivity contribution in [1.82, 2.24) is 10.2 Å². The highest BCUT2D eigenvalue weighted by Crippen LogP contribution is 2.04. The van der Waals surface area contributed by atoms with Gasteiger partial charge < -0.3 is 9.84 Å². The normalized spacial score (nSPS) is 16.7. The maximum atomic E-state index is 11.1. The third-order valence-corrected chi connectivity index (χ3v) is 2.13. The molecule has 0 aliphatic carbocycles. The molecule has 2 N–H and O–H groups in total. The summed E-state index contributed by atoms with van der Waals surface area (Å²) < 4.78 is 4.88. The SMILES string of the molecule is C=C(C)C(=O)OCC(C)(O)NC(C)N(C)C. The molecular formula is C11H22N2O3. The first kappa shape index (κ1) is 15.1. The second kappa shape index (κ2) is 5.98. The molecule has 0 aromatic carbocycles. The Morgan fingerprint density at radius 1 is 1.62 bits per heavy atom. The van der Waals surface area contributed by atoms with Crippen LogP contribution in [0.25, 0.3) is 0 Å². The van der Waals surface area contributed by atoms with Gasteiger partial charge in [0.25, 0.3) is 0 Å². The molecule has 0 spiro atoms. The lowest BCUT2D eigenvalue weighted by molar-refractivity contribution is -0.149. The first-order valence-electron chi connectivity index (χ1n) is 5.15. The lowest BCUT2D eigenvalue weighted by atomic mass is 10.2. The molecule has 16 heavy (non-hydrogen) atoms. The molecule has 0 aliphatic heterocycles. The Kier molecular flexibility index (Phi) is 5.64. The summed E-state index contributed by atoms with van der Waals surface area (Å²) in [5.41, 5.74) is -0.939. The molecule has 0 fully saturated rings. The number of esters is 1. The van der Waals surface area contributed by atoms with Gasteiger partial charge in [0.1, 0.15) is 12.3 Å². The van der Waals surface area contributed by atoms with Crippen LogP contribution in [0, 0.1) is 0 Å². The van der Waals surface area contributed by atoms with Gasteiger partial charge in [-0.1, -0.05) is 6.58 Å². The van der Waals surface area contributed by atoms with Crippen molar-refractivity contribution < 1.29 is 14.6 Å². The van der Waals surface area contributed by atoms with E-state index in [1.54, 1.807) is 13.8 Å². The molecule has 0 bridgehead atoms. The maximum Gasteiger partial charge on any atom is 0.333 e. The van der Waals surface area contributed by atoms with Crippen molar-refractivity contribution in [3.63, 3.8) is 0 Å². The fourth-order valence-electron chi connectivity index (χ4n) is 0.950. The number of hydrogen-bond donors (Lipinski definition) is 2. The van der Waals surface area contributed by atoms with Crippen LogP contribution in [0.4, 0.5) is 0 Å². The Morgan fingerprint density at radius 3 is 2.50 bits per heavy atom. The maximum absolute atomic E-state index is 11.1. The van der Waals surface area contributed by atoms with Crippen LogP contribution in [0.3, 0.4) is 0 Å². The summed E-state index contributed by atoms with van der Waals surface area (Å²) in [7, 11) is 3.77. The van der Waals surface area contributed by atoms with Crippen LogP contribution < -0.4 is 5.32 Å². The van der Waals surface area contributed by atoms with E-state index in [1.807, 2.05) is 25.9 Å². The molecule has 0 aliphatic rings. The number of ether oxygens (including phenoxy) is 1. The van der Waals surface area contributed by atoms with E-state index in [4.69, 9.17) is 4.74 Å². The highest BCUT2D eigenvalue weighted by Gasteiger charge is 2.25. The zero-order chi connectivity index (χ0) is 12.9. The van der Waals surface area contributed by atoms with Crippen LogP contribution in [-0.4, -0.2) is 48.6 Å². The smallest absolute Gasteiger partial charge is 0.333 e. The van der Waals surface area contributed by atoms with Gasteiger partial charge in [0.15, 0.2) is 0 Å². The van der Waals surface area contributed by atoms with Crippen molar-refractivity contribution in [3.05, 3.63) is 12.2 Å². The lowest BCUT2D eigenvalue weighted by Gasteiger charge is -2.31. The monoisotopic (exact) mass is 230 g/mol. The average Bonchev–Trinajstić information content (AvgIpc) is 2.13. The van der Waals surface area contributed by atoms with Gasteiger partial charge in [0.2, 0.25) is 0 Å². The predicted octanol–water partition coefficient (Wildman–Crippen LogP) is 0.311. The minimum Gasteiger partial charge on any atom is -0.458 e. The number of carbonyl (C=O) groups is 1. The fourth-order valence-corrected chi connectivity index (χ4v) is 0.950. The van der Waals surface area contributed by atoms with E-state index >= 15 is 0 Å². The second-order valence-corrected chi connectivity index (χ2v) is 4.41. The second-order valence-electron chi connectivity index (χ2n) is 4.41. The fraction of sp³-hybridized carbons (Fsp3) is 0.727. The van der Waals surface area contributed by atoms with Crippen molar-refractivity contribution in [1.29, 1.82) is 0 Å². The zero-order valence-electron chi connectivity index (χ0n) is 10.7. The van der Waals surface area contributed by atoms with Gasteiger partial charge in [0.05, 0.1) is 6.17 Å². The summed E-state index contributed by atoms with van der Waals surface area (Å²) in [6, 6.07) is 0. The van der Waals surface area contributed by atoms with E-state index in [0.717, 1.165) is 0 Å². The lowest BCUT2D eigenvalue weighted by Crippen LogP contribution is -2.54. The van der Waals surface area contributed by atoms with Gasteiger partial charge in [-0.2, -0.15) is 0 Å². The molecule has 0 rings (SSSR count). The van der Waals surface area contributed by atoms with Crippen LogP contribution in [0.1, 0.15) is 20.8 Å². The molecule has 5 heteroatoms. The molecule has 0 saturated carbocycles. The molecule has 5 nitrogen and oxygen atoms in total. The van der Waals surface area contributed by atoms with Crippen molar-refractivity contribution in [2.45, 2.75) is 32.7 Å². The molecule has 2 atom stereocenters. The minimum absolute atomic E-state index is 0.0291. The number of aliphatic hydroxyl groups is 1. The van der Waals surface area contributed by atoms with Gasteiger partial charge in [-0.05, 0) is 34.9 Å². The Bertz CT molecular complexity index is 262. The molecule has 0 amide bonds. The van der Waals surface area contributed by atoms with Crippen LogP contribution >= 0.6 is 0 Å². The van der Waals surface area contributed by atoms with E-state index in [9.17, 15) is 9.90 Å². The number of carbonyl (C=O) groups excluding carboxylic acids is 1. The summed E-state index contributed by atoms with van der Waals surface area (Å²) >= 11 is 0. The van der Waals surface area contributed by atoms with Crippen LogP contribution in [-0.2, 0) is 9.53 Å². The summed E-state index contributed by atoms with van der Waals surface area (Å²) in [5, 5.41) is 12.8. The molecule has 94 valence electrons. The molecule has 0 radical (unpaired) electrons. The number of rotatable bonds is 6. The highest BCUT2D eigenvalue weighted by molar-refractivity contribution is 5.86. The summed E-state index contributed by atoms with van der Waals surface area (Å²) in [6.07, 6.45) is -0.0291. The first-order chi connectivity index (χ1) is 7.15. The molecule has 0 aromatic rings. The highest BCUT2D eigenvalue weighted by atomic mass is 16.5. The van der Waals surface area contributed by atoms with E-state index < -0.39 is 11.7 Å². The van der Waals surface area contributed by atoms with Crippen molar-refractivity contribution in [2.75, 3.05) is 20.7 Å². The van der Waals surface area contributed by atoms with Gasteiger partial charge in [-0.15, -0.1) is 0 Å². The van der Waals surface area contributed by atoms with Gasteiger partial charge >= 0.3 is 5.97 Å². The molecule has 0 saturated heterocycles. The van der Waals surface area contributed by atoms with Gasteiger partial charge in [0, 0.05) is 5.57 Å².